The summed E-state index contributed by atoms with van der Waals surface area (Å²) in [5.74, 6) is -0.164. The molecule has 1 N–H and O–H groups in total. The van der Waals surface area contributed by atoms with Crippen molar-refractivity contribution in [2.75, 3.05) is 16.8 Å². The number of nitrogens with zero attached hydrogens (tertiary/aromatic N) is 2. The highest BCUT2D eigenvalue weighted by atomic mass is 35.5. The number of nitrogens with one attached hydrogen (secondary N) is 1. The second-order valence-corrected chi connectivity index (χ2v) is 10.2. The Morgan fingerprint density at radius 3 is 2.31 bits per heavy atom. The summed E-state index contributed by atoms with van der Waals surface area (Å²) in [6, 6.07) is 30.8. The van der Waals surface area contributed by atoms with Crippen molar-refractivity contribution >= 4 is 75.1 Å². The van der Waals surface area contributed by atoms with E-state index in [9.17, 15) is 9.59 Å². The monoisotopic (exact) mass is 573 g/mol. The quantitative estimate of drug-likeness (QED) is 0.229. The predicted octanol–water partition coefficient (Wildman–Crippen LogP) is 7.82. The van der Waals surface area contributed by atoms with Crippen LogP contribution in [0.1, 0.15) is 5.56 Å². The molecule has 39 heavy (non-hydrogen) atoms. The van der Waals surface area contributed by atoms with E-state index in [1.165, 1.54) is 11.8 Å². The van der Waals surface area contributed by atoms with Gasteiger partial charge in [0, 0.05) is 10.7 Å². The molecule has 4 aromatic rings. The number of aliphatic imine (C=N–C) groups is 1. The molecule has 4 aromatic carbocycles. The van der Waals surface area contributed by atoms with Crippen molar-refractivity contribution in [2.45, 2.75) is 0 Å². The largest absolute Gasteiger partial charge is 0.482 e. The SMILES string of the molecule is O=C(COc1ccc(/C=C2\SC(=Nc3ccccc3)N(c3ccccc3)C2=O)cc1Cl)Nc1ccc(Cl)cc1. The van der Waals surface area contributed by atoms with Gasteiger partial charge in [-0.15, -0.1) is 0 Å². The lowest BCUT2D eigenvalue weighted by Crippen LogP contribution is -2.28. The van der Waals surface area contributed by atoms with E-state index in [1.807, 2.05) is 60.7 Å². The summed E-state index contributed by atoms with van der Waals surface area (Å²) in [6.45, 7) is -0.220. The van der Waals surface area contributed by atoms with Crippen LogP contribution in [0, 0.1) is 0 Å². The molecule has 1 aliphatic rings. The number of anilines is 2. The lowest BCUT2D eigenvalue weighted by atomic mass is 10.2. The van der Waals surface area contributed by atoms with Crippen LogP contribution in [0.2, 0.25) is 10.0 Å². The number of benzene rings is 4. The minimum atomic E-state index is -0.334. The van der Waals surface area contributed by atoms with E-state index in [4.69, 9.17) is 32.9 Å². The molecule has 0 spiro atoms. The topological polar surface area (TPSA) is 71.0 Å². The number of ether oxygens (including phenoxy) is 1. The Morgan fingerprint density at radius 1 is 0.923 bits per heavy atom. The Labute approximate surface area is 239 Å². The van der Waals surface area contributed by atoms with E-state index in [0.717, 1.165) is 11.4 Å². The van der Waals surface area contributed by atoms with Crippen LogP contribution in [0.4, 0.5) is 17.1 Å². The molecule has 1 aliphatic heterocycles. The molecule has 194 valence electrons. The molecule has 1 fully saturated rings. The third-order valence-corrected chi connectivity index (χ3v) is 7.06. The van der Waals surface area contributed by atoms with Crippen molar-refractivity contribution in [1.29, 1.82) is 0 Å². The zero-order valence-electron chi connectivity index (χ0n) is 20.4. The third-order valence-electron chi connectivity index (χ3n) is 5.54. The van der Waals surface area contributed by atoms with Crippen LogP contribution in [-0.4, -0.2) is 23.6 Å². The number of para-hydroxylation sites is 2. The molecule has 0 saturated carbocycles. The molecule has 2 amide bonds. The fourth-order valence-electron chi connectivity index (χ4n) is 3.72. The summed E-state index contributed by atoms with van der Waals surface area (Å²) in [5.41, 5.74) is 2.80. The van der Waals surface area contributed by atoms with Gasteiger partial charge in [0.15, 0.2) is 11.8 Å². The normalized spacial score (nSPS) is 15.1. The lowest BCUT2D eigenvalue weighted by Gasteiger charge is -2.15. The van der Waals surface area contributed by atoms with E-state index < -0.39 is 0 Å². The van der Waals surface area contributed by atoms with E-state index in [2.05, 4.69) is 5.32 Å². The maximum atomic E-state index is 13.5. The van der Waals surface area contributed by atoms with Gasteiger partial charge >= 0.3 is 0 Å². The van der Waals surface area contributed by atoms with Gasteiger partial charge in [0.25, 0.3) is 11.8 Å². The second kappa shape index (κ2) is 12.2. The summed E-state index contributed by atoms with van der Waals surface area (Å²) in [7, 11) is 0. The Kier molecular flexibility index (Phi) is 8.32. The average molecular weight is 574 g/mol. The number of hydrogen-bond acceptors (Lipinski definition) is 5. The summed E-state index contributed by atoms with van der Waals surface area (Å²) < 4.78 is 5.61. The molecule has 0 radical (unpaired) electrons. The molecule has 6 nitrogen and oxygen atoms in total. The van der Waals surface area contributed by atoms with Gasteiger partial charge in [0.1, 0.15) is 5.75 Å². The number of carbonyl (C=O) groups is 2. The highest BCUT2D eigenvalue weighted by Gasteiger charge is 2.34. The maximum absolute atomic E-state index is 13.5. The summed E-state index contributed by atoms with van der Waals surface area (Å²) in [5, 5.41) is 4.18. The molecule has 9 heteroatoms. The van der Waals surface area contributed by atoms with Crippen molar-refractivity contribution in [3.05, 3.63) is 124 Å². The van der Waals surface area contributed by atoms with E-state index in [-0.39, 0.29) is 18.4 Å². The molecule has 0 bridgehead atoms. The summed E-state index contributed by atoms with van der Waals surface area (Å²) in [4.78, 5) is 32.5. The Bertz CT molecular complexity index is 1560. The standard InChI is InChI=1S/C30H21Cl2N3O3S/c31-21-12-14-23(15-13-21)33-28(36)19-38-26-16-11-20(17-25(26)32)18-27-29(37)35(24-9-5-2-6-10-24)30(39-27)34-22-7-3-1-4-8-22/h1-18H,19H2,(H,33,36)/b27-18-,34-30?. The van der Waals surface area contributed by atoms with Crippen molar-refractivity contribution in [2.24, 2.45) is 4.99 Å². The van der Waals surface area contributed by atoms with Crippen molar-refractivity contribution in [3.63, 3.8) is 0 Å². The molecular weight excluding hydrogens is 553 g/mol. The summed E-state index contributed by atoms with van der Waals surface area (Å²) in [6.07, 6.45) is 1.76. The second-order valence-electron chi connectivity index (χ2n) is 8.35. The first-order valence-corrected chi connectivity index (χ1v) is 13.4. The molecule has 0 atom stereocenters. The molecule has 0 unspecified atom stereocenters. The first-order chi connectivity index (χ1) is 19.0. The first kappa shape index (κ1) is 26.6. The molecule has 1 saturated heterocycles. The van der Waals surface area contributed by atoms with Gasteiger partial charge in [-0.2, -0.15) is 0 Å². The number of carbonyl (C=O) groups excluding carboxylic acids is 2. The number of amides is 2. The fourth-order valence-corrected chi connectivity index (χ4v) is 5.09. The van der Waals surface area contributed by atoms with Crippen molar-refractivity contribution < 1.29 is 14.3 Å². The summed E-state index contributed by atoms with van der Waals surface area (Å²) >= 11 is 13.6. The smallest absolute Gasteiger partial charge is 0.271 e. The fraction of sp³-hybridized carbons (Fsp3) is 0.0333. The minimum Gasteiger partial charge on any atom is -0.482 e. The molecule has 0 aromatic heterocycles. The Hall–Kier alpha value is -4.04. The highest BCUT2D eigenvalue weighted by molar-refractivity contribution is 8.19. The lowest BCUT2D eigenvalue weighted by molar-refractivity contribution is -0.118. The predicted molar refractivity (Wildman–Crippen MR) is 160 cm³/mol. The molecule has 1 heterocycles. The van der Waals surface area contributed by atoms with Crippen LogP contribution in [-0.2, 0) is 9.59 Å². The van der Waals surface area contributed by atoms with Crippen LogP contribution in [0.25, 0.3) is 6.08 Å². The van der Waals surface area contributed by atoms with E-state index in [1.54, 1.807) is 53.4 Å². The van der Waals surface area contributed by atoms with Gasteiger partial charge in [0.05, 0.1) is 21.3 Å². The molecular formula is C30H21Cl2N3O3S. The van der Waals surface area contributed by atoms with Crippen LogP contribution < -0.4 is 15.0 Å². The number of amidine groups is 1. The van der Waals surface area contributed by atoms with Crippen LogP contribution in [0.5, 0.6) is 5.75 Å². The van der Waals surface area contributed by atoms with Gasteiger partial charge in [-0.3, -0.25) is 14.5 Å². The van der Waals surface area contributed by atoms with Crippen LogP contribution in [0.3, 0.4) is 0 Å². The van der Waals surface area contributed by atoms with Gasteiger partial charge < -0.3 is 10.1 Å². The zero-order valence-corrected chi connectivity index (χ0v) is 22.7. The van der Waals surface area contributed by atoms with Gasteiger partial charge in [-0.05, 0) is 84.1 Å². The number of halogens is 2. The van der Waals surface area contributed by atoms with Gasteiger partial charge in [0.2, 0.25) is 0 Å². The Balaban J connectivity index is 1.32. The van der Waals surface area contributed by atoms with E-state index in [0.29, 0.717) is 37.1 Å². The van der Waals surface area contributed by atoms with Crippen molar-refractivity contribution in [3.8, 4) is 5.75 Å². The maximum Gasteiger partial charge on any atom is 0.271 e. The highest BCUT2D eigenvalue weighted by Crippen LogP contribution is 2.38. The average Bonchev–Trinajstić information content (AvgIpc) is 3.24. The molecule has 0 aliphatic carbocycles. The van der Waals surface area contributed by atoms with Gasteiger partial charge in [-0.1, -0.05) is 65.7 Å². The van der Waals surface area contributed by atoms with Crippen LogP contribution >= 0.6 is 35.0 Å². The number of rotatable bonds is 7. The van der Waals surface area contributed by atoms with Crippen LogP contribution in [0.15, 0.2) is 113 Å². The minimum absolute atomic E-state index is 0.184. The molecule has 5 rings (SSSR count). The third kappa shape index (κ3) is 6.70. The first-order valence-electron chi connectivity index (χ1n) is 11.9. The van der Waals surface area contributed by atoms with Gasteiger partial charge in [-0.25, -0.2) is 4.99 Å². The van der Waals surface area contributed by atoms with E-state index >= 15 is 0 Å². The zero-order chi connectivity index (χ0) is 27.2. The number of hydrogen-bond donors (Lipinski definition) is 1. The number of thioether (sulfide) groups is 1. The Morgan fingerprint density at radius 2 is 1.62 bits per heavy atom. The van der Waals surface area contributed by atoms with Crippen molar-refractivity contribution in [1.82, 2.24) is 0 Å².